The van der Waals surface area contributed by atoms with Crippen molar-refractivity contribution < 1.29 is 0 Å². The maximum absolute atomic E-state index is 3.54. The molecule has 2 aromatic rings. The van der Waals surface area contributed by atoms with Gasteiger partial charge in [-0.15, -0.1) is 22.7 Å². The fourth-order valence-electron chi connectivity index (χ4n) is 6.65. The lowest BCUT2D eigenvalue weighted by molar-refractivity contribution is 0.404. The highest BCUT2D eigenvalue weighted by Crippen LogP contribution is 2.28. The summed E-state index contributed by atoms with van der Waals surface area (Å²) in [6.07, 6.45) is 36.1. The first kappa shape index (κ1) is 39.1. The number of unbranched alkanes of at least 4 members (excludes halogenated alkanes) is 16. The van der Waals surface area contributed by atoms with Crippen molar-refractivity contribution in [3.05, 3.63) is 43.8 Å². The van der Waals surface area contributed by atoms with Crippen LogP contribution < -0.4 is 0 Å². The molecule has 0 saturated carbocycles. The summed E-state index contributed by atoms with van der Waals surface area (Å²) in [5.74, 6) is 8.78. The summed E-state index contributed by atoms with van der Waals surface area (Å²) < 4.78 is 0. The highest BCUT2D eigenvalue weighted by molar-refractivity contribution is 7.13. The molecule has 0 amide bonds. The van der Waals surface area contributed by atoms with Gasteiger partial charge in [0, 0.05) is 9.75 Å². The first-order valence-corrected chi connectivity index (χ1v) is 21.0. The second-order valence-corrected chi connectivity index (χ2v) is 16.1. The van der Waals surface area contributed by atoms with E-state index >= 15 is 0 Å². The lowest BCUT2D eigenvalue weighted by Gasteiger charge is -2.16. The molecule has 0 aliphatic rings. The van der Waals surface area contributed by atoms with Crippen molar-refractivity contribution in [2.45, 2.75) is 195 Å². The molecule has 0 nitrogen and oxygen atoms in total. The van der Waals surface area contributed by atoms with Crippen LogP contribution in [0.2, 0.25) is 0 Å². The van der Waals surface area contributed by atoms with Crippen LogP contribution in [0.3, 0.4) is 0 Å². The quantitative estimate of drug-likeness (QED) is 0.0642. The van der Waals surface area contributed by atoms with Gasteiger partial charge in [-0.25, -0.2) is 0 Å². The number of hydrogen-bond acceptors (Lipinski definition) is 2. The van der Waals surface area contributed by atoms with Crippen LogP contribution in [0.5, 0.6) is 0 Å². The Labute approximate surface area is 283 Å². The molecule has 0 fully saturated rings. The van der Waals surface area contributed by atoms with E-state index in [1.54, 1.807) is 9.75 Å². The molecule has 0 aliphatic heterocycles. The van der Waals surface area contributed by atoms with Crippen LogP contribution in [0.4, 0.5) is 0 Å². The molecule has 2 atom stereocenters. The summed E-state index contributed by atoms with van der Waals surface area (Å²) in [6.45, 7) is 9.27. The van der Waals surface area contributed by atoms with E-state index in [0.717, 1.165) is 11.8 Å². The van der Waals surface area contributed by atoms with Crippen LogP contribution in [-0.4, -0.2) is 0 Å². The standard InChI is InChI=1S/C42H70S2/c1-5-9-13-17-19-23-27-37(25-21-15-11-7-3)35-41-33-31-39(43-41)29-30-40-32-34-42(44-40)36-38(26-22-16-12-8-4)28-24-20-18-14-10-6-2/h31-34,37-38H,5-28,35-36H2,1-4H3. The van der Waals surface area contributed by atoms with E-state index in [1.807, 2.05) is 22.7 Å². The Hall–Kier alpha value is -1.04. The normalized spacial score (nSPS) is 12.7. The molecule has 0 spiro atoms. The van der Waals surface area contributed by atoms with Gasteiger partial charge in [0.15, 0.2) is 0 Å². The van der Waals surface area contributed by atoms with Gasteiger partial charge in [0.2, 0.25) is 0 Å². The first-order valence-electron chi connectivity index (χ1n) is 19.4. The Balaban J connectivity index is 1.89. The minimum Gasteiger partial charge on any atom is -0.132 e. The summed E-state index contributed by atoms with van der Waals surface area (Å²) in [5.41, 5.74) is 0. The Kier molecular flexibility index (Phi) is 24.1. The van der Waals surface area contributed by atoms with Gasteiger partial charge in [0.05, 0.1) is 9.75 Å². The van der Waals surface area contributed by atoms with Crippen molar-refractivity contribution in [2.75, 3.05) is 0 Å². The largest absolute Gasteiger partial charge is 0.132 e. The van der Waals surface area contributed by atoms with Crippen molar-refractivity contribution in [1.82, 2.24) is 0 Å². The zero-order chi connectivity index (χ0) is 31.5. The zero-order valence-corrected chi connectivity index (χ0v) is 31.3. The molecule has 0 aliphatic carbocycles. The second kappa shape index (κ2) is 27.1. The molecular weight excluding hydrogens is 569 g/mol. The summed E-state index contributed by atoms with van der Waals surface area (Å²) >= 11 is 3.90. The first-order chi connectivity index (χ1) is 21.7. The summed E-state index contributed by atoms with van der Waals surface area (Å²) in [6, 6.07) is 9.32. The highest BCUT2D eigenvalue weighted by atomic mass is 32.1. The van der Waals surface area contributed by atoms with Gasteiger partial charge in [0.25, 0.3) is 0 Å². The van der Waals surface area contributed by atoms with E-state index in [0.29, 0.717) is 0 Å². The fraction of sp³-hybridized carbons (Fsp3) is 0.762. The average Bonchev–Trinajstić information content (AvgIpc) is 3.68. The summed E-state index contributed by atoms with van der Waals surface area (Å²) in [7, 11) is 0. The Morgan fingerprint density at radius 1 is 0.409 bits per heavy atom. The van der Waals surface area contributed by atoms with Crippen LogP contribution in [0.15, 0.2) is 24.3 Å². The molecule has 0 saturated heterocycles. The van der Waals surface area contributed by atoms with E-state index in [1.165, 1.54) is 177 Å². The highest BCUT2D eigenvalue weighted by Gasteiger charge is 2.13. The predicted molar refractivity (Wildman–Crippen MR) is 203 cm³/mol. The molecule has 0 radical (unpaired) electrons. The maximum atomic E-state index is 3.54. The molecule has 2 aromatic heterocycles. The molecule has 0 aromatic carbocycles. The summed E-state index contributed by atoms with van der Waals surface area (Å²) in [4.78, 5) is 5.59. The van der Waals surface area contributed by atoms with Crippen LogP contribution in [0, 0.1) is 23.7 Å². The third kappa shape index (κ3) is 19.5. The van der Waals surface area contributed by atoms with E-state index in [4.69, 9.17) is 0 Å². The topological polar surface area (TPSA) is 0 Å². The number of rotatable bonds is 28. The van der Waals surface area contributed by atoms with Crippen LogP contribution in [-0.2, 0) is 12.8 Å². The van der Waals surface area contributed by atoms with Crippen molar-refractivity contribution in [3.63, 3.8) is 0 Å². The molecule has 0 bridgehead atoms. The third-order valence-electron chi connectivity index (χ3n) is 9.48. The molecule has 0 N–H and O–H groups in total. The monoisotopic (exact) mass is 638 g/mol. The van der Waals surface area contributed by atoms with Gasteiger partial charge in [-0.3, -0.25) is 0 Å². The van der Waals surface area contributed by atoms with Crippen LogP contribution >= 0.6 is 22.7 Å². The van der Waals surface area contributed by atoms with Crippen LogP contribution in [0.1, 0.15) is 201 Å². The lowest BCUT2D eigenvalue weighted by Crippen LogP contribution is -2.04. The SMILES string of the molecule is CCCCCCCCC(CCCCCC)Cc1ccc(C#Cc2ccc(CC(CCCCCC)CCCCCCCC)s2)s1. The van der Waals surface area contributed by atoms with Crippen molar-refractivity contribution in [2.24, 2.45) is 11.8 Å². The average molecular weight is 639 g/mol. The van der Waals surface area contributed by atoms with Crippen molar-refractivity contribution in [1.29, 1.82) is 0 Å². The smallest absolute Gasteiger partial charge is 0.0775 e. The minimum atomic E-state index is 0.851. The molecule has 2 heterocycles. The van der Waals surface area contributed by atoms with Crippen molar-refractivity contribution in [3.8, 4) is 11.8 Å². The van der Waals surface area contributed by atoms with Crippen molar-refractivity contribution >= 4 is 22.7 Å². The maximum Gasteiger partial charge on any atom is 0.0775 e. The van der Waals surface area contributed by atoms with Gasteiger partial charge in [0.1, 0.15) is 0 Å². The van der Waals surface area contributed by atoms with E-state index in [9.17, 15) is 0 Å². The lowest BCUT2D eigenvalue weighted by atomic mass is 9.91. The Morgan fingerprint density at radius 2 is 0.705 bits per heavy atom. The number of hydrogen-bond donors (Lipinski definition) is 0. The third-order valence-corrected chi connectivity index (χ3v) is 11.5. The van der Waals surface area contributed by atoms with Gasteiger partial charge in [-0.1, -0.05) is 182 Å². The second-order valence-electron chi connectivity index (χ2n) is 13.7. The van der Waals surface area contributed by atoms with Gasteiger partial charge in [-0.2, -0.15) is 0 Å². The number of thiophene rings is 2. The summed E-state index contributed by atoms with van der Waals surface area (Å²) in [5, 5.41) is 0. The molecule has 2 rings (SSSR count). The molecule has 250 valence electrons. The van der Waals surface area contributed by atoms with E-state index in [-0.39, 0.29) is 0 Å². The van der Waals surface area contributed by atoms with Gasteiger partial charge >= 0.3 is 0 Å². The molecule has 2 unspecified atom stereocenters. The van der Waals surface area contributed by atoms with E-state index < -0.39 is 0 Å². The molecular formula is C42H70S2. The molecule has 44 heavy (non-hydrogen) atoms. The molecule has 2 heteroatoms. The zero-order valence-electron chi connectivity index (χ0n) is 29.7. The predicted octanol–water partition coefficient (Wildman–Crippen LogP) is 15.0. The van der Waals surface area contributed by atoms with Gasteiger partial charge in [-0.05, 0) is 60.8 Å². The van der Waals surface area contributed by atoms with Crippen LogP contribution in [0.25, 0.3) is 0 Å². The van der Waals surface area contributed by atoms with E-state index in [2.05, 4.69) is 63.8 Å². The fourth-order valence-corrected chi connectivity index (χ4v) is 8.60. The minimum absolute atomic E-state index is 0.851. The Bertz CT molecular complexity index is 893. The Morgan fingerprint density at radius 3 is 1.05 bits per heavy atom. The van der Waals surface area contributed by atoms with Gasteiger partial charge < -0.3 is 0 Å².